The third-order valence-corrected chi connectivity index (χ3v) is 5.65. The Kier molecular flexibility index (Phi) is 4.76. The number of rotatable bonds is 5. The van der Waals surface area contributed by atoms with Crippen LogP contribution in [0.2, 0.25) is 0 Å². The molecule has 2 aliphatic rings. The summed E-state index contributed by atoms with van der Waals surface area (Å²) in [5.74, 6) is 0.375. The zero-order valence-corrected chi connectivity index (χ0v) is 15.3. The summed E-state index contributed by atoms with van der Waals surface area (Å²) >= 11 is 0. The summed E-state index contributed by atoms with van der Waals surface area (Å²) in [6.07, 6.45) is 1.93. The first-order valence-electron chi connectivity index (χ1n) is 9.50. The van der Waals surface area contributed by atoms with E-state index < -0.39 is 0 Å². The Morgan fingerprint density at radius 2 is 1.81 bits per heavy atom. The average Bonchev–Trinajstić information content (AvgIpc) is 3.20. The minimum Gasteiger partial charge on any atom is -0.508 e. The van der Waals surface area contributed by atoms with E-state index in [0.29, 0.717) is 6.54 Å². The molecular formula is C21H25N3O3. The Bertz CT molecular complexity index is 841. The van der Waals surface area contributed by atoms with Crippen molar-refractivity contribution in [1.29, 1.82) is 0 Å². The molecule has 4 rings (SSSR count). The number of hydrogen-bond donors (Lipinski definition) is 4. The number of likely N-dealkylation sites (tertiary alicyclic amines) is 1. The molecular weight excluding hydrogens is 342 g/mol. The van der Waals surface area contributed by atoms with Gasteiger partial charge in [-0.15, -0.1) is 0 Å². The third-order valence-electron chi connectivity index (χ3n) is 5.65. The molecule has 2 aliphatic heterocycles. The molecule has 2 aromatic rings. The van der Waals surface area contributed by atoms with E-state index in [2.05, 4.69) is 17.8 Å². The normalized spacial score (nSPS) is 27.1. The van der Waals surface area contributed by atoms with E-state index in [1.54, 1.807) is 24.3 Å². The summed E-state index contributed by atoms with van der Waals surface area (Å²) < 4.78 is 0. The van der Waals surface area contributed by atoms with Crippen LogP contribution < -0.4 is 10.9 Å². The van der Waals surface area contributed by atoms with E-state index >= 15 is 0 Å². The molecule has 27 heavy (non-hydrogen) atoms. The molecule has 0 aromatic heterocycles. The third kappa shape index (κ3) is 3.05. The zero-order chi connectivity index (χ0) is 19.0. The number of carbonyl (C=O) groups is 1. The van der Waals surface area contributed by atoms with Gasteiger partial charge in [0.15, 0.2) is 0 Å². The minimum absolute atomic E-state index is 0.0622. The van der Waals surface area contributed by atoms with Crippen molar-refractivity contribution in [1.82, 2.24) is 15.8 Å². The number of hydrazine groups is 1. The highest BCUT2D eigenvalue weighted by Crippen LogP contribution is 2.48. The molecule has 4 N–H and O–H groups in total. The lowest BCUT2D eigenvalue weighted by atomic mass is 9.83. The predicted octanol–water partition coefficient (Wildman–Crippen LogP) is 2.62. The fourth-order valence-corrected chi connectivity index (χ4v) is 4.40. The van der Waals surface area contributed by atoms with Gasteiger partial charge in [-0.05, 0) is 30.2 Å². The number of fused-ring (bicyclic) bond motifs is 1. The number of aromatic hydroxyl groups is 2. The summed E-state index contributed by atoms with van der Waals surface area (Å²) in [5.41, 5.74) is 8.05. The van der Waals surface area contributed by atoms with Crippen molar-refractivity contribution in [3.8, 4) is 11.5 Å². The minimum atomic E-state index is -0.362. The highest BCUT2D eigenvalue weighted by Gasteiger charge is 2.55. The summed E-state index contributed by atoms with van der Waals surface area (Å²) in [6.45, 7) is 2.78. The molecule has 4 atom stereocenters. The topological polar surface area (TPSA) is 84.8 Å². The number of carbonyl (C=O) groups excluding carboxylic acids is 1. The molecule has 0 radical (unpaired) electrons. The Balaban J connectivity index is 1.77. The summed E-state index contributed by atoms with van der Waals surface area (Å²) in [5, 5.41) is 20.4. The number of unbranched alkanes of at least 4 members (excludes halogenated alkanes) is 1. The van der Waals surface area contributed by atoms with Crippen molar-refractivity contribution in [3.05, 3.63) is 59.7 Å². The number of para-hydroxylation sites is 1. The highest BCUT2D eigenvalue weighted by molar-refractivity contribution is 5.86. The molecule has 0 aliphatic carbocycles. The van der Waals surface area contributed by atoms with Gasteiger partial charge in [0, 0.05) is 18.0 Å². The Morgan fingerprint density at radius 1 is 1.04 bits per heavy atom. The maximum absolute atomic E-state index is 13.1. The van der Waals surface area contributed by atoms with Crippen molar-refractivity contribution in [2.75, 3.05) is 6.54 Å². The van der Waals surface area contributed by atoms with Gasteiger partial charge in [0.1, 0.15) is 17.5 Å². The Hall–Kier alpha value is -2.57. The smallest absolute Gasteiger partial charge is 0.242 e. The largest absolute Gasteiger partial charge is 0.508 e. The molecule has 6 nitrogen and oxygen atoms in total. The molecule has 6 heteroatoms. The molecule has 142 valence electrons. The van der Waals surface area contributed by atoms with Crippen molar-refractivity contribution < 1.29 is 15.0 Å². The van der Waals surface area contributed by atoms with Crippen LogP contribution >= 0.6 is 0 Å². The maximum atomic E-state index is 13.1. The van der Waals surface area contributed by atoms with Crippen LogP contribution in [0.15, 0.2) is 48.5 Å². The van der Waals surface area contributed by atoms with Gasteiger partial charge in [-0.3, -0.25) is 4.79 Å². The SMILES string of the molecule is CCCCN1C(=O)C2NNC(c3ccccc3O)C2C1c1cccc(O)c1. The lowest BCUT2D eigenvalue weighted by Crippen LogP contribution is -2.41. The predicted molar refractivity (Wildman–Crippen MR) is 102 cm³/mol. The molecule has 2 heterocycles. The van der Waals surface area contributed by atoms with Crippen molar-refractivity contribution in [2.45, 2.75) is 37.9 Å². The van der Waals surface area contributed by atoms with Gasteiger partial charge in [-0.25, -0.2) is 10.9 Å². The van der Waals surface area contributed by atoms with Gasteiger partial charge in [0.25, 0.3) is 0 Å². The maximum Gasteiger partial charge on any atom is 0.242 e. The van der Waals surface area contributed by atoms with E-state index in [1.807, 2.05) is 29.2 Å². The Morgan fingerprint density at radius 3 is 2.56 bits per heavy atom. The molecule has 4 unspecified atom stereocenters. The summed E-state index contributed by atoms with van der Waals surface area (Å²) in [6, 6.07) is 13.6. The number of phenols is 2. The number of nitrogens with one attached hydrogen (secondary N) is 2. The monoisotopic (exact) mass is 367 g/mol. The van der Waals surface area contributed by atoms with Crippen LogP contribution in [0.3, 0.4) is 0 Å². The van der Waals surface area contributed by atoms with Crippen molar-refractivity contribution in [2.24, 2.45) is 5.92 Å². The van der Waals surface area contributed by atoms with E-state index in [-0.39, 0.29) is 41.4 Å². The highest BCUT2D eigenvalue weighted by atomic mass is 16.3. The van der Waals surface area contributed by atoms with Crippen molar-refractivity contribution >= 4 is 5.91 Å². The van der Waals surface area contributed by atoms with E-state index in [9.17, 15) is 15.0 Å². The number of nitrogens with zero attached hydrogens (tertiary/aromatic N) is 1. The standard InChI is InChI=1S/C21H25N3O3/c1-2-3-11-24-20(13-7-6-8-14(25)12-13)17-18(22-23-19(17)21(24)27)15-9-4-5-10-16(15)26/h4-10,12,17-20,22-23,25-26H,2-3,11H2,1H3. The summed E-state index contributed by atoms with van der Waals surface area (Å²) in [7, 11) is 0. The van der Waals surface area contributed by atoms with Crippen LogP contribution in [0.1, 0.15) is 43.0 Å². The first-order valence-corrected chi connectivity index (χ1v) is 9.50. The van der Waals surface area contributed by atoms with Crippen LogP contribution in [0.4, 0.5) is 0 Å². The fourth-order valence-electron chi connectivity index (χ4n) is 4.40. The van der Waals surface area contributed by atoms with Crippen LogP contribution in [0, 0.1) is 5.92 Å². The van der Waals surface area contributed by atoms with Gasteiger partial charge in [0.05, 0.1) is 12.1 Å². The molecule has 2 aromatic carbocycles. The second kappa shape index (κ2) is 7.21. The second-order valence-corrected chi connectivity index (χ2v) is 7.31. The molecule has 0 saturated carbocycles. The number of hydrogen-bond acceptors (Lipinski definition) is 5. The van der Waals surface area contributed by atoms with Gasteiger partial charge >= 0.3 is 0 Å². The molecule has 2 fully saturated rings. The second-order valence-electron chi connectivity index (χ2n) is 7.31. The molecule has 2 saturated heterocycles. The van der Waals surface area contributed by atoms with Crippen LogP contribution in [-0.2, 0) is 4.79 Å². The van der Waals surface area contributed by atoms with Gasteiger partial charge < -0.3 is 15.1 Å². The van der Waals surface area contributed by atoms with E-state index in [0.717, 1.165) is 24.0 Å². The molecule has 0 bridgehead atoms. The van der Waals surface area contributed by atoms with Crippen LogP contribution in [-0.4, -0.2) is 33.6 Å². The average molecular weight is 367 g/mol. The number of amides is 1. The van der Waals surface area contributed by atoms with Crippen LogP contribution in [0.5, 0.6) is 11.5 Å². The lowest BCUT2D eigenvalue weighted by molar-refractivity contribution is -0.130. The summed E-state index contributed by atoms with van der Waals surface area (Å²) in [4.78, 5) is 15.0. The van der Waals surface area contributed by atoms with Gasteiger partial charge in [0.2, 0.25) is 5.91 Å². The van der Waals surface area contributed by atoms with Crippen LogP contribution in [0.25, 0.3) is 0 Å². The first-order chi connectivity index (χ1) is 13.1. The van der Waals surface area contributed by atoms with Crippen molar-refractivity contribution in [3.63, 3.8) is 0 Å². The van der Waals surface area contributed by atoms with E-state index in [1.165, 1.54) is 0 Å². The van der Waals surface area contributed by atoms with Gasteiger partial charge in [-0.2, -0.15) is 0 Å². The Labute approximate surface area is 158 Å². The fraction of sp³-hybridized carbons (Fsp3) is 0.381. The molecule has 0 spiro atoms. The first kappa shape index (κ1) is 17.8. The number of phenolic OH excluding ortho intramolecular Hbond substituents is 2. The number of benzene rings is 2. The van der Waals surface area contributed by atoms with E-state index in [4.69, 9.17) is 0 Å². The zero-order valence-electron chi connectivity index (χ0n) is 15.3. The lowest BCUT2D eigenvalue weighted by Gasteiger charge is -2.31. The quantitative estimate of drug-likeness (QED) is 0.653. The van der Waals surface area contributed by atoms with Gasteiger partial charge in [-0.1, -0.05) is 43.7 Å². The molecule has 1 amide bonds.